The number of quaternary nitrogens is 1. The SMILES string of the molecule is CCC(C[N+](C)(C)C)OC(=O)C(C)C. The number of ether oxygens (including phenoxy) is 1. The molecule has 0 aromatic rings. The Balaban J connectivity index is 4.10. The molecule has 0 saturated heterocycles. The first-order chi connectivity index (χ1) is 6.26. The second-order valence-corrected chi connectivity index (χ2v) is 5.09. The number of nitrogens with zero attached hydrogens (tertiary/aromatic N) is 1. The van der Waals surface area contributed by atoms with Crippen molar-refractivity contribution >= 4 is 5.97 Å². The third-order valence-electron chi connectivity index (χ3n) is 1.96. The van der Waals surface area contributed by atoms with Gasteiger partial charge in [-0.05, 0) is 6.42 Å². The van der Waals surface area contributed by atoms with Crippen LogP contribution in [0.2, 0.25) is 0 Å². The van der Waals surface area contributed by atoms with Crippen LogP contribution in [-0.4, -0.2) is 44.2 Å². The zero-order chi connectivity index (χ0) is 11.4. The molecule has 0 aromatic heterocycles. The molecule has 0 fully saturated rings. The van der Waals surface area contributed by atoms with Crippen molar-refractivity contribution in [3.63, 3.8) is 0 Å². The average Bonchev–Trinajstić information content (AvgIpc) is 2.00. The maximum atomic E-state index is 11.4. The van der Waals surface area contributed by atoms with E-state index in [1.54, 1.807) is 0 Å². The molecule has 0 aliphatic rings. The van der Waals surface area contributed by atoms with Gasteiger partial charge in [0, 0.05) is 0 Å². The molecule has 0 aliphatic heterocycles. The first-order valence-corrected chi connectivity index (χ1v) is 5.27. The molecular formula is C11H24NO2+. The van der Waals surface area contributed by atoms with Crippen molar-refractivity contribution in [1.29, 1.82) is 0 Å². The molecule has 0 radical (unpaired) electrons. The van der Waals surface area contributed by atoms with E-state index in [4.69, 9.17) is 4.74 Å². The summed E-state index contributed by atoms with van der Waals surface area (Å²) < 4.78 is 6.21. The fraction of sp³-hybridized carbons (Fsp3) is 0.909. The number of esters is 1. The van der Waals surface area contributed by atoms with Crippen LogP contribution in [0.5, 0.6) is 0 Å². The van der Waals surface area contributed by atoms with Gasteiger partial charge in [0.2, 0.25) is 0 Å². The highest BCUT2D eigenvalue weighted by atomic mass is 16.5. The highest BCUT2D eigenvalue weighted by molar-refractivity contribution is 5.71. The molecule has 3 heteroatoms. The largest absolute Gasteiger partial charge is 0.456 e. The van der Waals surface area contributed by atoms with Gasteiger partial charge in [-0.15, -0.1) is 0 Å². The fourth-order valence-electron chi connectivity index (χ4n) is 1.16. The molecule has 0 bridgehead atoms. The maximum absolute atomic E-state index is 11.4. The second-order valence-electron chi connectivity index (χ2n) is 5.09. The molecule has 0 aliphatic carbocycles. The van der Waals surface area contributed by atoms with Crippen molar-refractivity contribution in [2.45, 2.75) is 33.3 Å². The molecule has 0 saturated carbocycles. The van der Waals surface area contributed by atoms with E-state index in [2.05, 4.69) is 21.1 Å². The van der Waals surface area contributed by atoms with E-state index in [-0.39, 0.29) is 18.0 Å². The summed E-state index contributed by atoms with van der Waals surface area (Å²) in [5.41, 5.74) is 0. The number of rotatable bonds is 5. The second kappa shape index (κ2) is 5.35. The third-order valence-corrected chi connectivity index (χ3v) is 1.96. The lowest BCUT2D eigenvalue weighted by Crippen LogP contribution is -2.43. The van der Waals surface area contributed by atoms with Crippen LogP contribution in [0.25, 0.3) is 0 Å². The zero-order valence-electron chi connectivity index (χ0n) is 10.3. The topological polar surface area (TPSA) is 26.3 Å². The number of carbonyl (C=O) groups is 1. The number of hydrogen-bond donors (Lipinski definition) is 0. The third kappa shape index (κ3) is 5.97. The van der Waals surface area contributed by atoms with Gasteiger partial charge in [0.1, 0.15) is 6.54 Å². The van der Waals surface area contributed by atoms with Crippen LogP contribution in [0.15, 0.2) is 0 Å². The summed E-state index contributed by atoms with van der Waals surface area (Å²) in [4.78, 5) is 11.4. The predicted octanol–water partition coefficient (Wildman–Crippen LogP) is 1.67. The van der Waals surface area contributed by atoms with Gasteiger partial charge < -0.3 is 9.22 Å². The van der Waals surface area contributed by atoms with Crippen LogP contribution in [-0.2, 0) is 9.53 Å². The molecular weight excluding hydrogens is 178 g/mol. The van der Waals surface area contributed by atoms with Gasteiger partial charge in [-0.25, -0.2) is 0 Å². The Bertz CT molecular complexity index is 182. The van der Waals surface area contributed by atoms with E-state index in [9.17, 15) is 4.79 Å². The number of carbonyl (C=O) groups excluding carboxylic acids is 1. The highest BCUT2D eigenvalue weighted by Gasteiger charge is 2.21. The summed E-state index contributed by atoms with van der Waals surface area (Å²) in [5, 5.41) is 0. The van der Waals surface area contributed by atoms with Crippen LogP contribution >= 0.6 is 0 Å². The van der Waals surface area contributed by atoms with Gasteiger partial charge in [0.05, 0.1) is 27.1 Å². The Morgan fingerprint density at radius 3 is 2.07 bits per heavy atom. The Morgan fingerprint density at radius 2 is 1.79 bits per heavy atom. The van der Waals surface area contributed by atoms with Crippen molar-refractivity contribution in [2.24, 2.45) is 5.92 Å². The van der Waals surface area contributed by atoms with Crippen LogP contribution < -0.4 is 0 Å². The molecule has 1 atom stereocenters. The van der Waals surface area contributed by atoms with Gasteiger partial charge in [0.25, 0.3) is 0 Å². The normalized spacial score (nSPS) is 14.2. The summed E-state index contributed by atoms with van der Waals surface area (Å²) in [6.07, 6.45) is 0.929. The zero-order valence-corrected chi connectivity index (χ0v) is 10.3. The van der Waals surface area contributed by atoms with Crippen molar-refractivity contribution in [1.82, 2.24) is 0 Å². The molecule has 3 nitrogen and oxygen atoms in total. The summed E-state index contributed by atoms with van der Waals surface area (Å²) in [5.74, 6) is -0.123. The Hall–Kier alpha value is -0.570. The monoisotopic (exact) mass is 202 g/mol. The maximum Gasteiger partial charge on any atom is 0.308 e. The number of hydrogen-bond acceptors (Lipinski definition) is 2. The van der Waals surface area contributed by atoms with E-state index in [0.717, 1.165) is 17.4 Å². The first-order valence-electron chi connectivity index (χ1n) is 5.27. The van der Waals surface area contributed by atoms with Gasteiger partial charge in [-0.2, -0.15) is 0 Å². The minimum Gasteiger partial charge on any atom is -0.456 e. The van der Waals surface area contributed by atoms with Crippen molar-refractivity contribution in [3.8, 4) is 0 Å². The Kier molecular flexibility index (Phi) is 5.13. The molecule has 84 valence electrons. The minimum absolute atomic E-state index is 0.0310. The van der Waals surface area contributed by atoms with Gasteiger partial charge in [-0.3, -0.25) is 4.79 Å². The molecule has 0 aromatic carbocycles. The van der Waals surface area contributed by atoms with Gasteiger partial charge in [-0.1, -0.05) is 20.8 Å². The van der Waals surface area contributed by atoms with Crippen molar-refractivity contribution in [3.05, 3.63) is 0 Å². The summed E-state index contributed by atoms with van der Waals surface area (Å²) >= 11 is 0. The van der Waals surface area contributed by atoms with Crippen LogP contribution in [0.4, 0.5) is 0 Å². The Morgan fingerprint density at radius 1 is 1.29 bits per heavy atom. The average molecular weight is 202 g/mol. The van der Waals surface area contributed by atoms with E-state index in [1.807, 2.05) is 20.8 Å². The van der Waals surface area contributed by atoms with Crippen LogP contribution in [0, 0.1) is 5.92 Å². The molecule has 0 heterocycles. The van der Waals surface area contributed by atoms with E-state index in [0.29, 0.717) is 0 Å². The molecule has 0 amide bonds. The van der Waals surface area contributed by atoms with Crippen LogP contribution in [0.3, 0.4) is 0 Å². The number of likely N-dealkylation sites (N-methyl/N-ethyl adjacent to an activating group) is 1. The summed E-state index contributed by atoms with van der Waals surface area (Å²) in [6, 6.07) is 0. The van der Waals surface area contributed by atoms with E-state index >= 15 is 0 Å². The lowest BCUT2D eigenvalue weighted by Gasteiger charge is -2.28. The van der Waals surface area contributed by atoms with Gasteiger partial charge >= 0.3 is 5.97 Å². The fourth-order valence-corrected chi connectivity index (χ4v) is 1.16. The lowest BCUT2D eigenvalue weighted by molar-refractivity contribution is -0.873. The molecule has 0 rings (SSSR count). The van der Waals surface area contributed by atoms with Gasteiger partial charge in [0.15, 0.2) is 6.10 Å². The standard InChI is InChI=1S/C11H24NO2/c1-7-10(8-12(4,5)6)14-11(13)9(2)3/h9-10H,7-8H2,1-6H3/q+1. The smallest absolute Gasteiger partial charge is 0.308 e. The molecule has 1 unspecified atom stereocenters. The Labute approximate surface area is 87.6 Å². The molecule has 0 N–H and O–H groups in total. The van der Waals surface area contributed by atoms with Crippen molar-refractivity contribution in [2.75, 3.05) is 27.7 Å². The highest BCUT2D eigenvalue weighted by Crippen LogP contribution is 2.07. The predicted molar refractivity (Wildman–Crippen MR) is 57.9 cm³/mol. The minimum atomic E-state index is -0.0923. The van der Waals surface area contributed by atoms with E-state index < -0.39 is 0 Å². The van der Waals surface area contributed by atoms with E-state index in [1.165, 1.54) is 0 Å². The lowest BCUT2D eigenvalue weighted by atomic mass is 10.2. The quantitative estimate of drug-likeness (QED) is 0.501. The summed E-state index contributed by atoms with van der Waals surface area (Å²) in [6.45, 7) is 6.64. The molecule has 0 spiro atoms. The molecule has 14 heavy (non-hydrogen) atoms. The van der Waals surface area contributed by atoms with Crippen molar-refractivity contribution < 1.29 is 14.0 Å². The van der Waals surface area contributed by atoms with Crippen LogP contribution in [0.1, 0.15) is 27.2 Å². The summed E-state index contributed by atoms with van der Waals surface area (Å²) in [7, 11) is 6.31. The first kappa shape index (κ1) is 13.4.